The Morgan fingerprint density at radius 3 is 2.47 bits per heavy atom. The minimum absolute atomic E-state index is 0.000443. The summed E-state index contributed by atoms with van der Waals surface area (Å²) in [5, 5.41) is -0.00883. The van der Waals surface area contributed by atoms with Crippen LogP contribution >= 0.6 is 35.0 Å². The van der Waals surface area contributed by atoms with E-state index in [9.17, 15) is 19.2 Å². The first-order valence-electron chi connectivity index (χ1n) is 10.7. The molecule has 3 amide bonds. The Morgan fingerprint density at radius 1 is 1.11 bits per heavy atom. The molecular weight excluding hydrogens is 531 g/mol. The fraction of sp³-hybridized carbons (Fsp3) is 0.250. The van der Waals surface area contributed by atoms with E-state index in [1.807, 2.05) is 0 Å². The van der Waals surface area contributed by atoms with E-state index in [1.54, 1.807) is 17.0 Å². The molecule has 0 unspecified atom stereocenters. The van der Waals surface area contributed by atoms with Crippen LogP contribution in [-0.4, -0.2) is 72.8 Å². The SMILES string of the molecule is COc1cc(/C=C2\SC(=O)N(CC(=O)N3CCOCC3)C2=O)cc(Cl)c1OC(=O)c1ccc(Cl)cc1. The summed E-state index contributed by atoms with van der Waals surface area (Å²) in [6, 6.07) is 9.13. The second kappa shape index (κ2) is 11.3. The van der Waals surface area contributed by atoms with Gasteiger partial charge < -0.3 is 19.1 Å². The van der Waals surface area contributed by atoms with E-state index in [1.165, 1.54) is 37.5 Å². The zero-order chi connectivity index (χ0) is 25.8. The number of carbonyl (C=O) groups is 4. The van der Waals surface area contributed by atoms with E-state index < -0.39 is 17.1 Å². The van der Waals surface area contributed by atoms with Crippen LogP contribution in [0.1, 0.15) is 15.9 Å². The lowest BCUT2D eigenvalue weighted by Gasteiger charge is -2.28. The lowest BCUT2D eigenvalue weighted by molar-refractivity contribution is -0.139. The highest BCUT2D eigenvalue weighted by Crippen LogP contribution is 2.39. The van der Waals surface area contributed by atoms with Crippen LogP contribution in [0.25, 0.3) is 6.08 Å². The summed E-state index contributed by atoms with van der Waals surface area (Å²) in [5.74, 6) is -1.41. The molecule has 9 nitrogen and oxygen atoms in total. The summed E-state index contributed by atoms with van der Waals surface area (Å²) >= 11 is 12.9. The number of benzene rings is 2. The first-order valence-corrected chi connectivity index (χ1v) is 12.3. The van der Waals surface area contributed by atoms with E-state index in [0.29, 0.717) is 36.9 Å². The second-order valence-electron chi connectivity index (χ2n) is 7.69. The summed E-state index contributed by atoms with van der Waals surface area (Å²) in [6.07, 6.45) is 1.46. The van der Waals surface area contributed by atoms with E-state index in [-0.39, 0.29) is 39.4 Å². The minimum atomic E-state index is -0.661. The van der Waals surface area contributed by atoms with Gasteiger partial charge in [0.25, 0.3) is 11.1 Å². The second-order valence-corrected chi connectivity index (χ2v) is 9.53. The van der Waals surface area contributed by atoms with Gasteiger partial charge in [-0.25, -0.2) is 4.79 Å². The van der Waals surface area contributed by atoms with Crippen LogP contribution in [0.3, 0.4) is 0 Å². The molecule has 188 valence electrons. The van der Waals surface area contributed by atoms with Gasteiger partial charge in [0.05, 0.1) is 35.8 Å². The van der Waals surface area contributed by atoms with E-state index in [2.05, 4.69) is 0 Å². The average Bonchev–Trinajstić information content (AvgIpc) is 3.13. The molecule has 2 aromatic rings. The van der Waals surface area contributed by atoms with Crippen LogP contribution in [0, 0.1) is 0 Å². The van der Waals surface area contributed by atoms with Crippen LogP contribution in [0.2, 0.25) is 10.0 Å². The van der Waals surface area contributed by atoms with Crippen molar-refractivity contribution in [2.75, 3.05) is 40.0 Å². The fourth-order valence-electron chi connectivity index (χ4n) is 3.50. The molecule has 2 saturated heterocycles. The maximum Gasteiger partial charge on any atom is 0.343 e. The number of imide groups is 1. The van der Waals surface area contributed by atoms with Crippen LogP contribution in [0.5, 0.6) is 11.5 Å². The summed E-state index contributed by atoms with van der Waals surface area (Å²) in [6.45, 7) is 1.32. The Kier molecular flexibility index (Phi) is 8.20. The standard InChI is InChI=1S/C24H20Cl2N2O7S/c1-33-18-11-14(10-17(26)21(18)35-23(31)15-2-4-16(25)5-3-15)12-19-22(30)28(24(32)36-19)13-20(29)27-6-8-34-9-7-27/h2-5,10-12H,6-9,13H2,1H3/b19-12-. The average molecular weight is 551 g/mol. The third-order valence-electron chi connectivity index (χ3n) is 5.35. The number of esters is 1. The molecule has 0 bridgehead atoms. The fourth-order valence-corrected chi connectivity index (χ4v) is 4.72. The highest BCUT2D eigenvalue weighted by molar-refractivity contribution is 8.18. The van der Waals surface area contributed by atoms with Crippen LogP contribution in [0.15, 0.2) is 41.3 Å². The number of rotatable bonds is 6. The van der Waals surface area contributed by atoms with Crippen LogP contribution in [0.4, 0.5) is 4.79 Å². The number of thioether (sulfide) groups is 1. The highest BCUT2D eigenvalue weighted by Gasteiger charge is 2.37. The van der Waals surface area contributed by atoms with E-state index in [0.717, 1.165) is 16.7 Å². The van der Waals surface area contributed by atoms with Crippen LogP contribution in [-0.2, 0) is 14.3 Å². The number of ether oxygens (including phenoxy) is 3. The smallest absolute Gasteiger partial charge is 0.343 e. The van der Waals surface area contributed by atoms with Gasteiger partial charge in [-0.05, 0) is 59.8 Å². The zero-order valence-corrected chi connectivity index (χ0v) is 21.3. The quantitative estimate of drug-likeness (QED) is 0.300. The molecule has 0 aliphatic carbocycles. The molecule has 2 heterocycles. The Labute approximate surface area is 220 Å². The van der Waals surface area contributed by atoms with Crippen molar-refractivity contribution < 1.29 is 33.4 Å². The molecule has 12 heteroatoms. The van der Waals surface area contributed by atoms with Crippen molar-refractivity contribution in [1.29, 1.82) is 0 Å². The molecule has 2 aliphatic heterocycles. The van der Waals surface area contributed by atoms with Gasteiger partial charge in [-0.15, -0.1) is 0 Å². The molecule has 0 N–H and O–H groups in total. The summed E-state index contributed by atoms with van der Waals surface area (Å²) in [4.78, 5) is 52.9. The Balaban J connectivity index is 1.51. The van der Waals surface area contributed by atoms with Crippen LogP contribution < -0.4 is 9.47 Å². The summed E-state index contributed by atoms with van der Waals surface area (Å²) in [7, 11) is 1.38. The van der Waals surface area contributed by atoms with Crippen molar-refractivity contribution in [3.8, 4) is 11.5 Å². The lowest BCUT2D eigenvalue weighted by atomic mass is 10.1. The molecule has 4 rings (SSSR count). The van der Waals surface area contributed by atoms with Gasteiger partial charge in [0, 0.05) is 18.1 Å². The number of nitrogens with zero attached hydrogens (tertiary/aromatic N) is 2. The minimum Gasteiger partial charge on any atom is -0.493 e. The Hall–Kier alpha value is -3.05. The van der Waals surface area contributed by atoms with Crippen molar-refractivity contribution in [2.24, 2.45) is 0 Å². The van der Waals surface area contributed by atoms with E-state index >= 15 is 0 Å². The first kappa shape index (κ1) is 26.0. The lowest BCUT2D eigenvalue weighted by Crippen LogP contribution is -2.46. The van der Waals surface area contributed by atoms with Gasteiger partial charge in [-0.3, -0.25) is 19.3 Å². The van der Waals surface area contributed by atoms with Crippen molar-refractivity contribution >= 4 is 64.1 Å². The van der Waals surface area contributed by atoms with Gasteiger partial charge in [0.15, 0.2) is 11.5 Å². The molecule has 0 radical (unpaired) electrons. The first-order chi connectivity index (χ1) is 17.3. The molecule has 0 spiro atoms. The molecule has 0 aromatic heterocycles. The number of methoxy groups -OCH3 is 1. The van der Waals surface area contributed by atoms with Gasteiger partial charge in [0.2, 0.25) is 5.91 Å². The highest BCUT2D eigenvalue weighted by atomic mass is 35.5. The van der Waals surface area contributed by atoms with Crippen molar-refractivity contribution in [2.45, 2.75) is 0 Å². The predicted octanol–water partition coefficient (Wildman–Crippen LogP) is 4.12. The number of amides is 3. The van der Waals surface area contributed by atoms with Gasteiger partial charge in [0.1, 0.15) is 6.54 Å². The summed E-state index contributed by atoms with van der Waals surface area (Å²) < 4.78 is 16.0. The molecule has 2 fully saturated rings. The third-order valence-corrected chi connectivity index (χ3v) is 6.80. The maximum absolute atomic E-state index is 12.8. The van der Waals surface area contributed by atoms with Gasteiger partial charge >= 0.3 is 5.97 Å². The topological polar surface area (TPSA) is 102 Å². The molecule has 0 atom stereocenters. The van der Waals surface area contributed by atoms with Crippen molar-refractivity contribution in [3.63, 3.8) is 0 Å². The number of halogens is 2. The molecule has 0 saturated carbocycles. The maximum atomic E-state index is 12.8. The van der Waals surface area contributed by atoms with Gasteiger partial charge in [-0.1, -0.05) is 23.2 Å². The predicted molar refractivity (Wildman–Crippen MR) is 134 cm³/mol. The van der Waals surface area contributed by atoms with Gasteiger partial charge in [-0.2, -0.15) is 0 Å². The largest absolute Gasteiger partial charge is 0.493 e. The Morgan fingerprint density at radius 2 is 1.81 bits per heavy atom. The number of hydrogen-bond donors (Lipinski definition) is 0. The molecule has 36 heavy (non-hydrogen) atoms. The number of carbonyl (C=O) groups excluding carboxylic acids is 4. The normalized spacial score (nSPS) is 17.0. The van der Waals surface area contributed by atoms with Crippen molar-refractivity contribution in [3.05, 3.63) is 62.5 Å². The Bertz CT molecular complexity index is 1240. The van der Waals surface area contributed by atoms with E-state index in [4.69, 9.17) is 37.4 Å². The number of hydrogen-bond acceptors (Lipinski definition) is 8. The third kappa shape index (κ3) is 5.84. The summed E-state index contributed by atoms with van der Waals surface area (Å²) in [5.41, 5.74) is 0.704. The van der Waals surface area contributed by atoms with Crippen molar-refractivity contribution in [1.82, 2.24) is 9.80 Å². The molecule has 2 aliphatic rings. The monoisotopic (exact) mass is 550 g/mol. The molecule has 2 aromatic carbocycles. The number of morpholine rings is 1. The molecular formula is C24H20Cl2N2O7S. The zero-order valence-electron chi connectivity index (χ0n) is 19.0.